The first-order valence-electron chi connectivity index (χ1n) is 9.22. The summed E-state index contributed by atoms with van der Waals surface area (Å²) in [5, 5.41) is 2.72. The lowest BCUT2D eigenvalue weighted by Gasteiger charge is -2.15. The summed E-state index contributed by atoms with van der Waals surface area (Å²) in [7, 11) is -1.93. The molecule has 30 heavy (non-hydrogen) atoms. The molecule has 0 unspecified atom stereocenters. The molecular formula is C22H22N2O5S. The van der Waals surface area contributed by atoms with E-state index >= 15 is 0 Å². The Bertz CT molecular complexity index is 1150. The molecule has 0 aliphatic heterocycles. The van der Waals surface area contributed by atoms with Gasteiger partial charge in [0.2, 0.25) is 5.91 Å². The maximum atomic E-state index is 12.7. The van der Waals surface area contributed by atoms with Gasteiger partial charge in [0.1, 0.15) is 0 Å². The summed E-state index contributed by atoms with van der Waals surface area (Å²) in [6, 6.07) is 16.6. The molecule has 2 amide bonds. The Morgan fingerprint density at radius 1 is 1.03 bits per heavy atom. The minimum Gasteiger partial charge on any atom is -0.459 e. The van der Waals surface area contributed by atoms with E-state index < -0.39 is 15.7 Å². The van der Waals surface area contributed by atoms with Crippen LogP contribution in [0, 0.1) is 0 Å². The van der Waals surface area contributed by atoms with Gasteiger partial charge >= 0.3 is 0 Å². The molecule has 0 saturated carbocycles. The van der Waals surface area contributed by atoms with Crippen LogP contribution in [0.25, 0.3) is 0 Å². The zero-order valence-electron chi connectivity index (χ0n) is 16.7. The van der Waals surface area contributed by atoms with Crippen molar-refractivity contribution in [3.63, 3.8) is 0 Å². The second-order valence-corrected chi connectivity index (χ2v) is 8.87. The van der Waals surface area contributed by atoms with Gasteiger partial charge in [-0.15, -0.1) is 0 Å². The van der Waals surface area contributed by atoms with Crippen LogP contribution in [0.3, 0.4) is 0 Å². The molecule has 3 aromatic rings. The molecule has 156 valence electrons. The third-order valence-electron chi connectivity index (χ3n) is 4.54. The third kappa shape index (κ3) is 5.15. The average molecular weight is 426 g/mol. The monoisotopic (exact) mass is 426 g/mol. The van der Waals surface area contributed by atoms with Gasteiger partial charge in [0.25, 0.3) is 5.91 Å². The number of nitrogens with zero attached hydrogens (tertiary/aromatic N) is 1. The van der Waals surface area contributed by atoms with Gasteiger partial charge in [-0.1, -0.05) is 30.3 Å². The number of anilines is 1. The first-order valence-corrected chi connectivity index (χ1v) is 10.9. The van der Waals surface area contributed by atoms with Gasteiger partial charge in [-0.25, -0.2) is 8.42 Å². The Labute approximate surface area is 175 Å². The van der Waals surface area contributed by atoms with Gasteiger partial charge in [0, 0.05) is 31.8 Å². The number of amides is 2. The third-order valence-corrected chi connectivity index (χ3v) is 6.22. The maximum absolute atomic E-state index is 12.7. The van der Waals surface area contributed by atoms with Crippen LogP contribution in [0.1, 0.15) is 28.6 Å². The Balaban J connectivity index is 1.75. The number of carbonyl (C=O) groups is 2. The second kappa shape index (κ2) is 8.96. The van der Waals surface area contributed by atoms with Crippen LogP contribution in [0.4, 0.5) is 5.69 Å². The van der Waals surface area contributed by atoms with E-state index in [9.17, 15) is 18.0 Å². The van der Waals surface area contributed by atoms with Crippen molar-refractivity contribution < 1.29 is 22.4 Å². The summed E-state index contributed by atoms with van der Waals surface area (Å²) in [4.78, 5) is 25.8. The van der Waals surface area contributed by atoms with Gasteiger partial charge in [-0.3, -0.25) is 9.59 Å². The SMILES string of the molecule is CC(=O)N(C)Cc1cccc(NC(=O)c2occc2CS(=O)(=O)c2ccccc2)c1. The molecular weight excluding hydrogens is 404 g/mol. The average Bonchev–Trinajstić information content (AvgIpc) is 3.16. The summed E-state index contributed by atoms with van der Waals surface area (Å²) in [5.74, 6) is -1.01. The minimum atomic E-state index is -3.62. The number of benzene rings is 2. The van der Waals surface area contributed by atoms with Gasteiger partial charge < -0.3 is 14.6 Å². The van der Waals surface area contributed by atoms with Crippen LogP contribution in [-0.2, 0) is 26.9 Å². The molecule has 0 aliphatic rings. The molecule has 0 spiro atoms. The quantitative estimate of drug-likeness (QED) is 0.624. The van der Waals surface area contributed by atoms with Crippen molar-refractivity contribution in [2.75, 3.05) is 12.4 Å². The highest BCUT2D eigenvalue weighted by Crippen LogP contribution is 2.21. The predicted molar refractivity (Wildman–Crippen MR) is 113 cm³/mol. The van der Waals surface area contributed by atoms with Crippen LogP contribution >= 0.6 is 0 Å². The maximum Gasteiger partial charge on any atom is 0.291 e. The zero-order chi connectivity index (χ0) is 21.7. The summed E-state index contributed by atoms with van der Waals surface area (Å²) < 4.78 is 30.5. The molecule has 3 rings (SSSR count). The van der Waals surface area contributed by atoms with Crippen LogP contribution < -0.4 is 5.32 Å². The van der Waals surface area contributed by atoms with Crippen molar-refractivity contribution in [2.45, 2.75) is 24.1 Å². The molecule has 0 aliphatic carbocycles. The van der Waals surface area contributed by atoms with Crippen molar-refractivity contribution >= 4 is 27.3 Å². The van der Waals surface area contributed by atoms with Crippen molar-refractivity contribution in [1.29, 1.82) is 0 Å². The van der Waals surface area contributed by atoms with Crippen molar-refractivity contribution in [2.24, 2.45) is 0 Å². The number of carbonyl (C=O) groups excluding carboxylic acids is 2. The van der Waals surface area contributed by atoms with Crippen LogP contribution in [0.15, 0.2) is 76.2 Å². The molecule has 0 atom stereocenters. The summed E-state index contributed by atoms with van der Waals surface area (Å²) in [6.45, 7) is 1.88. The lowest BCUT2D eigenvalue weighted by molar-refractivity contribution is -0.128. The normalized spacial score (nSPS) is 11.1. The number of hydrogen-bond acceptors (Lipinski definition) is 5. The molecule has 1 N–H and O–H groups in total. The standard InChI is InChI=1S/C22H22N2O5S/c1-16(25)24(2)14-17-7-6-8-19(13-17)23-22(26)21-18(11-12-29-21)15-30(27,28)20-9-4-3-5-10-20/h3-13H,14-15H2,1-2H3,(H,23,26). The van der Waals surface area contributed by atoms with E-state index in [1.165, 1.54) is 31.4 Å². The van der Waals surface area contributed by atoms with Crippen molar-refractivity contribution in [1.82, 2.24) is 4.90 Å². The number of hydrogen-bond donors (Lipinski definition) is 1. The van der Waals surface area contributed by atoms with Crippen molar-refractivity contribution in [3.05, 3.63) is 83.8 Å². The molecule has 8 heteroatoms. The largest absolute Gasteiger partial charge is 0.459 e. The van der Waals surface area contributed by atoms with Crippen LogP contribution in [-0.4, -0.2) is 32.2 Å². The van der Waals surface area contributed by atoms with E-state index in [0.717, 1.165) is 5.56 Å². The fourth-order valence-electron chi connectivity index (χ4n) is 2.88. The Hall–Kier alpha value is -3.39. The van der Waals surface area contributed by atoms with E-state index in [4.69, 9.17) is 4.42 Å². The lowest BCUT2D eigenvalue weighted by atomic mass is 10.2. The molecule has 1 heterocycles. The molecule has 0 bridgehead atoms. The second-order valence-electron chi connectivity index (χ2n) is 6.88. The summed E-state index contributed by atoms with van der Waals surface area (Å²) in [6.07, 6.45) is 1.29. The van der Waals surface area contributed by atoms with Gasteiger partial charge in [-0.05, 0) is 35.9 Å². The smallest absolute Gasteiger partial charge is 0.291 e. The number of sulfone groups is 1. The molecule has 0 radical (unpaired) electrons. The van der Waals surface area contributed by atoms with Gasteiger partial charge in [-0.2, -0.15) is 0 Å². The highest BCUT2D eigenvalue weighted by molar-refractivity contribution is 7.90. The lowest BCUT2D eigenvalue weighted by Crippen LogP contribution is -2.23. The molecule has 1 aromatic heterocycles. The Kier molecular flexibility index (Phi) is 6.37. The van der Waals surface area contributed by atoms with E-state index in [-0.39, 0.29) is 27.9 Å². The molecule has 0 fully saturated rings. The van der Waals surface area contributed by atoms with Gasteiger partial charge in [0.05, 0.1) is 16.9 Å². The fraction of sp³-hybridized carbons (Fsp3) is 0.182. The molecule has 7 nitrogen and oxygen atoms in total. The van der Waals surface area contributed by atoms with Crippen LogP contribution in [0.2, 0.25) is 0 Å². The number of nitrogens with one attached hydrogen (secondary N) is 1. The van der Waals surface area contributed by atoms with E-state index in [1.807, 2.05) is 6.07 Å². The summed E-state index contributed by atoms with van der Waals surface area (Å²) in [5.41, 5.74) is 1.64. The number of furan rings is 1. The molecule has 2 aromatic carbocycles. The van der Waals surface area contributed by atoms with Gasteiger partial charge in [0.15, 0.2) is 15.6 Å². The zero-order valence-corrected chi connectivity index (χ0v) is 17.5. The topological polar surface area (TPSA) is 96.7 Å². The first-order chi connectivity index (χ1) is 14.3. The van der Waals surface area contributed by atoms with Crippen LogP contribution in [0.5, 0.6) is 0 Å². The minimum absolute atomic E-state index is 0.0548. The van der Waals surface area contributed by atoms with E-state index in [1.54, 1.807) is 48.3 Å². The van der Waals surface area contributed by atoms with E-state index in [2.05, 4.69) is 5.32 Å². The van der Waals surface area contributed by atoms with Crippen molar-refractivity contribution in [3.8, 4) is 0 Å². The highest BCUT2D eigenvalue weighted by Gasteiger charge is 2.22. The predicted octanol–water partition coefficient (Wildman–Crippen LogP) is 3.48. The Morgan fingerprint density at radius 2 is 1.77 bits per heavy atom. The van der Waals surface area contributed by atoms with E-state index in [0.29, 0.717) is 12.2 Å². The fourth-order valence-corrected chi connectivity index (χ4v) is 4.26. The Morgan fingerprint density at radius 3 is 2.47 bits per heavy atom. The summed E-state index contributed by atoms with van der Waals surface area (Å²) >= 11 is 0. The number of rotatable bonds is 7. The first kappa shape index (κ1) is 21.3. The highest BCUT2D eigenvalue weighted by atomic mass is 32.2. The molecule has 0 saturated heterocycles.